The van der Waals surface area contributed by atoms with Crippen LogP contribution >= 0.6 is 45.9 Å². The zero-order valence-electron chi connectivity index (χ0n) is 23.4. The summed E-state index contributed by atoms with van der Waals surface area (Å²) in [5, 5.41) is 7.54. The van der Waals surface area contributed by atoms with Gasteiger partial charge in [-0.25, -0.2) is 9.97 Å². The van der Waals surface area contributed by atoms with Crippen molar-refractivity contribution in [2.45, 2.75) is 51.0 Å². The van der Waals surface area contributed by atoms with Gasteiger partial charge in [0.1, 0.15) is 16.5 Å². The van der Waals surface area contributed by atoms with Gasteiger partial charge in [-0.3, -0.25) is 19.8 Å². The maximum atomic E-state index is 13.3. The molecule has 3 fully saturated rings. The van der Waals surface area contributed by atoms with Gasteiger partial charge in [0.2, 0.25) is 5.91 Å². The van der Waals surface area contributed by atoms with Crippen LogP contribution in [0.25, 0.3) is 10.6 Å². The number of nitrogens with zero attached hydrogens (tertiary/aromatic N) is 5. The number of thiazole rings is 1. The number of nitrogens with one attached hydrogen (secondary N) is 1. The van der Waals surface area contributed by atoms with E-state index in [0.717, 1.165) is 41.8 Å². The van der Waals surface area contributed by atoms with Gasteiger partial charge in [-0.05, 0) is 37.8 Å². The Morgan fingerprint density at radius 1 is 0.952 bits per heavy atom. The minimum Gasteiger partial charge on any atom is -0.369 e. The van der Waals surface area contributed by atoms with E-state index >= 15 is 0 Å². The lowest BCUT2D eigenvalue weighted by Gasteiger charge is -2.41. The Morgan fingerprint density at radius 3 is 2.33 bits per heavy atom. The van der Waals surface area contributed by atoms with E-state index < -0.39 is 0 Å². The first-order chi connectivity index (χ1) is 20.4. The molecule has 3 aromatic rings. The number of hydrogen-bond donors (Lipinski definition) is 2. The zero-order chi connectivity index (χ0) is 29.2. The smallest absolute Gasteiger partial charge is 0.259 e. The predicted octanol–water partition coefficient (Wildman–Crippen LogP) is 5.98. The van der Waals surface area contributed by atoms with Crippen LogP contribution in [-0.4, -0.2) is 72.0 Å². The summed E-state index contributed by atoms with van der Waals surface area (Å²) in [5.41, 5.74) is 6.67. The predicted molar refractivity (Wildman–Crippen MR) is 172 cm³/mol. The molecule has 0 bridgehead atoms. The second-order valence-corrected chi connectivity index (χ2v) is 14.0. The lowest BCUT2D eigenvalue weighted by molar-refractivity contribution is -0.122. The zero-order valence-corrected chi connectivity index (χ0v) is 26.5. The summed E-state index contributed by atoms with van der Waals surface area (Å²) in [5.74, 6) is -0.0966. The van der Waals surface area contributed by atoms with Crippen LogP contribution in [0.15, 0.2) is 23.7 Å². The van der Waals surface area contributed by atoms with Crippen LogP contribution in [0.3, 0.4) is 0 Å². The molecule has 224 valence electrons. The van der Waals surface area contributed by atoms with Crippen molar-refractivity contribution in [2.75, 3.05) is 54.4 Å². The molecular formula is C29H35Cl2N7O2S2. The van der Waals surface area contributed by atoms with Crippen LogP contribution in [0.4, 0.5) is 16.0 Å². The molecule has 2 amide bonds. The largest absolute Gasteiger partial charge is 0.369 e. The number of rotatable bonds is 7. The maximum absolute atomic E-state index is 13.3. The van der Waals surface area contributed by atoms with Gasteiger partial charge in [-0.1, -0.05) is 53.8 Å². The Labute approximate surface area is 264 Å². The Balaban J connectivity index is 1.16. The summed E-state index contributed by atoms with van der Waals surface area (Å²) in [6, 6.07) is 4.28. The Hall–Kier alpha value is -2.44. The van der Waals surface area contributed by atoms with Crippen LogP contribution in [-0.2, 0) is 4.79 Å². The van der Waals surface area contributed by atoms with E-state index in [0.29, 0.717) is 58.5 Å². The van der Waals surface area contributed by atoms with E-state index in [1.807, 2.05) is 16.3 Å². The molecule has 5 heterocycles. The van der Waals surface area contributed by atoms with Crippen LogP contribution in [0.5, 0.6) is 0 Å². The van der Waals surface area contributed by atoms with Crippen molar-refractivity contribution < 1.29 is 9.59 Å². The number of piperidine rings is 1. The molecule has 0 aromatic carbocycles. The lowest BCUT2D eigenvalue weighted by Crippen LogP contribution is -2.50. The summed E-state index contributed by atoms with van der Waals surface area (Å²) < 4.78 is 0. The van der Waals surface area contributed by atoms with Crippen molar-refractivity contribution in [1.29, 1.82) is 0 Å². The summed E-state index contributed by atoms with van der Waals surface area (Å²) in [4.78, 5) is 42.2. The number of nitrogens with two attached hydrogens (primary N) is 1. The molecule has 0 unspecified atom stereocenters. The highest BCUT2D eigenvalue weighted by Crippen LogP contribution is 2.42. The van der Waals surface area contributed by atoms with Crippen molar-refractivity contribution in [2.24, 2.45) is 11.7 Å². The Kier molecular flexibility index (Phi) is 9.21. The number of primary amides is 1. The molecule has 1 saturated carbocycles. The van der Waals surface area contributed by atoms with E-state index in [-0.39, 0.29) is 17.7 Å². The highest BCUT2D eigenvalue weighted by molar-refractivity contribution is 7.21. The third-order valence-electron chi connectivity index (χ3n) is 8.60. The van der Waals surface area contributed by atoms with E-state index in [4.69, 9.17) is 33.9 Å². The quantitative estimate of drug-likeness (QED) is 0.325. The summed E-state index contributed by atoms with van der Waals surface area (Å²) in [7, 11) is 0. The molecule has 2 aliphatic heterocycles. The number of carbonyl (C=O) groups is 2. The average Bonchev–Trinajstić information content (AvgIpc) is 3.63. The monoisotopic (exact) mass is 647 g/mol. The number of thiophene rings is 1. The van der Waals surface area contributed by atoms with Gasteiger partial charge >= 0.3 is 0 Å². The van der Waals surface area contributed by atoms with Crippen LogP contribution in [0.1, 0.15) is 55.3 Å². The van der Waals surface area contributed by atoms with Gasteiger partial charge in [-0.2, -0.15) is 0 Å². The molecule has 3 N–H and O–H groups in total. The number of amides is 2. The topological polar surface area (TPSA) is 108 Å². The highest BCUT2D eigenvalue weighted by atomic mass is 35.5. The molecule has 9 nitrogen and oxygen atoms in total. The van der Waals surface area contributed by atoms with Gasteiger partial charge in [0.05, 0.1) is 20.5 Å². The van der Waals surface area contributed by atoms with Crippen molar-refractivity contribution in [1.82, 2.24) is 14.9 Å². The number of piperazine rings is 1. The summed E-state index contributed by atoms with van der Waals surface area (Å²) in [6.45, 7) is 5.19. The van der Waals surface area contributed by atoms with Crippen molar-refractivity contribution >= 4 is 73.6 Å². The van der Waals surface area contributed by atoms with E-state index in [9.17, 15) is 9.59 Å². The minimum atomic E-state index is -0.318. The molecule has 42 heavy (non-hydrogen) atoms. The van der Waals surface area contributed by atoms with Gasteiger partial charge in [0.15, 0.2) is 5.13 Å². The normalized spacial score (nSPS) is 19.3. The van der Waals surface area contributed by atoms with Gasteiger partial charge in [-0.15, -0.1) is 11.3 Å². The van der Waals surface area contributed by atoms with E-state index in [1.54, 1.807) is 17.4 Å². The molecule has 3 aliphatic rings. The van der Waals surface area contributed by atoms with Crippen LogP contribution in [0, 0.1) is 5.92 Å². The number of hydrogen-bond acceptors (Lipinski definition) is 9. The molecule has 2 saturated heterocycles. The minimum absolute atomic E-state index is 0.121. The molecule has 13 heteroatoms. The fourth-order valence-corrected chi connectivity index (χ4v) is 8.69. The molecule has 0 radical (unpaired) electrons. The standard InChI is InChI=1S/C29H35Cl2N7O2S2/c30-20-15-23(41-17-20)24-28(38-12-10-36(11-13-38)21-4-2-1-3-5-21)42-29(34-24)35-27(40)19-14-22(31)26(33-16-19)37-8-6-18(7-9-37)25(32)39/h14-18,21H,1-13H2,(H2,32,39)(H,34,35,40). The third-order valence-corrected chi connectivity index (χ3v) is 11.2. The van der Waals surface area contributed by atoms with Crippen LogP contribution < -0.4 is 20.9 Å². The highest BCUT2D eigenvalue weighted by Gasteiger charge is 2.29. The average molecular weight is 649 g/mol. The first kappa shape index (κ1) is 29.6. The molecular weight excluding hydrogens is 613 g/mol. The van der Waals surface area contributed by atoms with Gasteiger partial charge in [0, 0.05) is 62.8 Å². The number of carbonyl (C=O) groups excluding carboxylic acids is 2. The van der Waals surface area contributed by atoms with E-state index in [1.165, 1.54) is 49.6 Å². The fourth-order valence-electron chi connectivity index (χ4n) is 6.25. The molecule has 0 atom stereocenters. The van der Waals surface area contributed by atoms with Crippen LogP contribution in [0.2, 0.25) is 10.0 Å². The van der Waals surface area contributed by atoms with Crippen molar-refractivity contribution in [3.63, 3.8) is 0 Å². The molecule has 6 rings (SSSR count). The summed E-state index contributed by atoms with van der Waals surface area (Å²) in [6.07, 6.45) is 9.52. The lowest BCUT2D eigenvalue weighted by atomic mass is 9.94. The third kappa shape index (κ3) is 6.55. The first-order valence-electron chi connectivity index (χ1n) is 14.6. The van der Waals surface area contributed by atoms with Gasteiger partial charge < -0.3 is 15.5 Å². The van der Waals surface area contributed by atoms with Crippen molar-refractivity contribution in [3.8, 4) is 10.6 Å². The second-order valence-electron chi connectivity index (χ2n) is 11.3. The van der Waals surface area contributed by atoms with Crippen molar-refractivity contribution in [3.05, 3.63) is 39.3 Å². The summed E-state index contributed by atoms with van der Waals surface area (Å²) >= 11 is 15.9. The molecule has 0 spiro atoms. The number of aromatic nitrogens is 2. The second kappa shape index (κ2) is 13.1. The number of pyridine rings is 1. The molecule has 3 aromatic heterocycles. The Bertz CT molecular complexity index is 1420. The Morgan fingerprint density at radius 2 is 1.69 bits per heavy atom. The molecule has 1 aliphatic carbocycles. The number of anilines is 3. The first-order valence-corrected chi connectivity index (χ1v) is 17.1. The van der Waals surface area contributed by atoms with E-state index in [2.05, 4.69) is 20.1 Å². The SMILES string of the molecule is NC(=O)C1CCN(c2ncc(C(=O)Nc3nc(-c4cc(Cl)cs4)c(N4CCN(C5CCCCC5)CC4)s3)cc2Cl)CC1. The maximum Gasteiger partial charge on any atom is 0.259 e. The fraction of sp³-hybridized carbons (Fsp3) is 0.517. The van der Waals surface area contributed by atoms with Gasteiger partial charge in [0.25, 0.3) is 5.91 Å². The number of halogens is 2.